The van der Waals surface area contributed by atoms with Gasteiger partial charge in [0.1, 0.15) is 5.57 Å². The van der Waals surface area contributed by atoms with Gasteiger partial charge in [-0.2, -0.15) is 0 Å². The third-order valence-corrected chi connectivity index (χ3v) is 2.25. The average molecular weight is 253 g/mol. The number of carbonyl (C=O) groups is 2. The second-order valence-corrected chi connectivity index (χ2v) is 3.48. The first-order valence-corrected chi connectivity index (χ1v) is 4.99. The van der Waals surface area contributed by atoms with Crippen molar-refractivity contribution in [2.75, 3.05) is 0 Å². The van der Waals surface area contributed by atoms with E-state index >= 15 is 0 Å². The van der Waals surface area contributed by atoms with Crippen LogP contribution in [0.4, 0.5) is 0 Å². The van der Waals surface area contributed by atoms with Crippen molar-refractivity contribution in [3.05, 3.63) is 53.6 Å². The molecule has 0 aromatic heterocycles. The van der Waals surface area contributed by atoms with E-state index in [9.17, 15) is 9.59 Å². The minimum atomic E-state index is -1.51. The lowest BCUT2D eigenvalue weighted by Crippen LogP contribution is -2.10. The first kappa shape index (κ1) is 13.0. The van der Waals surface area contributed by atoms with E-state index < -0.39 is 17.5 Å². The number of allylic oxidation sites excluding steroid dienone is 2. The van der Waals surface area contributed by atoms with Crippen molar-refractivity contribution < 1.29 is 19.8 Å². The smallest absolute Gasteiger partial charge is 0.343 e. The van der Waals surface area contributed by atoms with Gasteiger partial charge < -0.3 is 10.2 Å². The third kappa shape index (κ3) is 3.77. The summed E-state index contributed by atoms with van der Waals surface area (Å²) in [6.45, 7) is 0. The summed E-state index contributed by atoms with van der Waals surface area (Å²) < 4.78 is 0. The molecule has 0 fully saturated rings. The van der Waals surface area contributed by atoms with Gasteiger partial charge in [-0.25, -0.2) is 9.59 Å². The molecule has 0 atom stereocenters. The van der Waals surface area contributed by atoms with Crippen molar-refractivity contribution in [2.45, 2.75) is 0 Å². The molecule has 1 aromatic rings. The monoisotopic (exact) mass is 252 g/mol. The van der Waals surface area contributed by atoms with Gasteiger partial charge in [0, 0.05) is 5.03 Å². The lowest BCUT2D eigenvalue weighted by atomic mass is 10.2. The molecule has 1 aromatic carbocycles. The lowest BCUT2D eigenvalue weighted by Gasteiger charge is -1.97. The summed E-state index contributed by atoms with van der Waals surface area (Å²) >= 11 is 5.89. The average Bonchev–Trinajstić information content (AvgIpc) is 2.29. The Bertz CT molecular complexity index is 472. The predicted octanol–water partition coefficient (Wildman–Crippen LogP) is 2.36. The fourth-order valence-electron chi connectivity index (χ4n) is 1.08. The number of carboxylic acid groups (broad SMARTS) is 2. The highest BCUT2D eigenvalue weighted by molar-refractivity contribution is 6.48. The van der Waals surface area contributed by atoms with Crippen LogP contribution in [0.1, 0.15) is 5.56 Å². The van der Waals surface area contributed by atoms with Crippen molar-refractivity contribution in [1.29, 1.82) is 0 Å². The zero-order chi connectivity index (χ0) is 12.8. The van der Waals surface area contributed by atoms with Gasteiger partial charge in [-0.3, -0.25) is 0 Å². The topological polar surface area (TPSA) is 74.6 Å². The van der Waals surface area contributed by atoms with E-state index in [1.165, 1.54) is 6.08 Å². The highest BCUT2D eigenvalue weighted by Gasteiger charge is 2.14. The zero-order valence-electron chi connectivity index (χ0n) is 8.63. The molecular formula is C12H9ClO4. The number of halogens is 1. The summed E-state index contributed by atoms with van der Waals surface area (Å²) in [7, 11) is 0. The largest absolute Gasteiger partial charge is 0.477 e. The van der Waals surface area contributed by atoms with Crippen LogP contribution in [0, 0.1) is 0 Å². The van der Waals surface area contributed by atoms with E-state index in [4.69, 9.17) is 21.8 Å². The van der Waals surface area contributed by atoms with Gasteiger partial charge in [-0.05, 0) is 17.7 Å². The van der Waals surface area contributed by atoms with E-state index in [-0.39, 0.29) is 5.03 Å². The Morgan fingerprint density at radius 1 is 1.00 bits per heavy atom. The van der Waals surface area contributed by atoms with Crippen molar-refractivity contribution in [3.8, 4) is 0 Å². The van der Waals surface area contributed by atoms with Crippen molar-refractivity contribution >= 4 is 28.6 Å². The number of rotatable bonds is 4. The number of aliphatic carboxylic acids is 2. The molecule has 5 heteroatoms. The second kappa shape index (κ2) is 5.86. The van der Waals surface area contributed by atoms with Crippen molar-refractivity contribution in [2.24, 2.45) is 0 Å². The molecule has 4 nitrogen and oxygen atoms in total. The predicted molar refractivity (Wildman–Crippen MR) is 63.6 cm³/mol. The quantitative estimate of drug-likeness (QED) is 0.373. The SMILES string of the molecule is O=C(O)C(=C/C=C(\Cl)c1ccccc1)C(=O)O. The Labute approximate surface area is 102 Å². The first-order valence-electron chi connectivity index (χ1n) is 4.62. The minimum Gasteiger partial charge on any atom is -0.477 e. The minimum absolute atomic E-state index is 0.269. The van der Waals surface area contributed by atoms with Gasteiger partial charge in [-0.15, -0.1) is 0 Å². The number of benzene rings is 1. The molecular weight excluding hydrogens is 244 g/mol. The van der Waals surface area contributed by atoms with Crippen LogP contribution in [0.25, 0.3) is 5.03 Å². The fraction of sp³-hybridized carbons (Fsp3) is 0. The summed E-state index contributed by atoms with van der Waals surface area (Å²) in [5.74, 6) is -3.02. The Balaban J connectivity index is 3.00. The molecule has 0 aliphatic rings. The molecule has 0 heterocycles. The molecule has 0 saturated heterocycles. The van der Waals surface area contributed by atoms with Crippen LogP contribution in [0.3, 0.4) is 0 Å². The van der Waals surface area contributed by atoms with E-state index in [1.807, 2.05) is 6.07 Å². The van der Waals surface area contributed by atoms with Crippen LogP contribution in [-0.2, 0) is 9.59 Å². The van der Waals surface area contributed by atoms with Gasteiger partial charge >= 0.3 is 11.9 Å². The summed E-state index contributed by atoms with van der Waals surface area (Å²) in [6, 6.07) is 8.81. The van der Waals surface area contributed by atoms with Crippen LogP contribution in [0.2, 0.25) is 0 Å². The number of hydrogen-bond donors (Lipinski definition) is 2. The maximum Gasteiger partial charge on any atom is 0.343 e. The highest BCUT2D eigenvalue weighted by atomic mass is 35.5. The van der Waals surface area contributed by atoms with Crippen LogP contribution in [-0.4, -0.2) is 22.2 Å². The standard InChI is InChI=1S/C12H9ClO4/c13-10(8-4-2-1-3-5-8)7-6-9(11(14)15)12(16)17/h1-7H,(H,14,15)(H,16,17)/b10-7-. The van der Waals surface area contributed by atoms with Crippen LogP contribution in [0.5, 0.6) is 0 Å². The molecule has 1 rings (SSSR count). The van der Waals surface area contributed by atoms with E-state index in [2.05, 4.69) is 0 Å². The Morgan fingerprint density at radius 3 is 2.00 bits per heavy atom. The fourth-order valence-corrected chi connectivity index (χ4v) is 1.27. The van der Waals surface area contributed by atoms with Crippen molar-refractivity contribution in [3.63, 3.8) is 0 Å². The van der Waals surface area contributed by atoms with E-state index in [0.29, 0.717) is 5.56 Å². The summed E-state index contributed by atoms with van der Waals surface area (Å²) in [5, 5.41) is 17.5. The zero-order valence-corrected chi connectivity index (χ0v) is 9.39. The molecule has 0 saturated carbocycles. The van der Waals surface area contributed by atoms with Crippen LogP contribution in [0.15, 0.2) is 48.1 Å². The summed E-state index contributed by atoms with van der Waals surface area (Å²) in [4.78, 5) is 21.1. The third-order valence-electron chi connectivity index (χ3n) is 1.91. The molecule has 17 heavy (non-hydrogen) atoms. The van der Waals surface area contributed by atoms with Gasteiger partial charge in [0.2, 0.25) is 0 Å². The second-order valence-electron chi connectivity index (χ2n) is 3.07. The summed E-state index contributed by atoms with van der Waals surface area (Å²) in [5.41, 5.74) is -0.0559. The first-order chi connectivity index (χ1) is 8.02. The lowest BCUT2D eigenvalue weighted by molar-refractivity contribution is -0.140. The Kier molecular flexibility index (Phi) is 4.48. The van der Waals surface area contributed by atoms with Gasteiger partial charge in [-0.1, -0.05) is 41.9 Å². The molecule has 0 spiro atoms. The maximum absolute atomic E-state index is 10.6. The van der Waals surface area contributed by atoms with Crippen LogP contribution >= 0.6 is 11.6 Å². The summed E-state index contributed by atoms with van der Waals surface area (Å²) in [6.07, 6.45) is 2.20. The van der Waals surface area contributed by atoms with Gasteiger partial charge in [0.25, 0.3) is 0 Å². The maximum atomic E-state index is 10.6. The molecule has 0 radical (unpaired) electrons. The Morgan fingerprint density at radius 2 is 1.53 bits per heavy atom. The highest BCUT2D eigenvalue weighted by Crippen LogP contribution is 2.18. The van der Waals surface area contributed by atoms with Gasteiger partial charge in [0.05, 0.1) is 0 Å². The molecule has 0 aliphatic carbocycles. The Hall–Kier alpha value is -2.07. The molecule has 0 aliphatic heterocycles. The van der Waals surface area contributed by atoms with Gasteiger partial charge in [0.15, 0.2) is 0 Å². The molecule has 0 amide bonds. The van der Waals surface area contributed by atoms with Crippen molar-refractivity contribution in [1.82, 2.24) is 0 Å². The van der Waals surface area contributed by atoms with Crippen LogP contribution < -0.4 is 0 Å². The molecule has 0 bridgehead atoms. The molecule has 88 valence electrons. The molecule has 0 unspecified atom stereocenters. The normalized spacial score (nSPS) is 10.8. The van der Waals surface area contributed by atoms with E-state index in [0.717, 1.165) is 6.08 Å². The number of carboxylic acids is 2. The van der Waals surface area contributed by atoms with E-state index in [1.54, 1.807) is 24.3 Å². The molecule has 2 N–H and O–H groups in total. The number of hydrogen-bond acceptors (Lipinski definition) is 2.